The van der Waals surface area contributed by atoms with E-state index in [1.165, 1.54) is 31.7 Å². The molecule has 0 aromatic carbocycles. The smallest absolute Gasteiger partial charge is 0.435 e. The Morgan fingerprint density at radius 3 is 2.52 bits per heavy atom. The second-order valence-electron chi connectivity index (χ2n) is 7.72. The van der Waals surface area contributed by atoms with Gasteiger partial charge in [0.2, 0.25) is 0 Å². The predicted octanol–water partition coefficient (Wildman–Crippen LogP) is 2.58. The topological polar surface area (TPSA) is 64.4 Å². The number of carbonyl (C=O) groups is 2. The van der Waals surface area contributed by atoms with Crippen LogP contribution < -0.4 is 0 Å². The fourth-order valence-electron chi connectivity index (χ4n) is 3.63. The minimum atomic E-state index is -0.583. The van der Waals surface area contributed by atoms with E-state index in [2.05, 4.69) is 10.00 Å². The minimum Gasteiger partial charge on any atom is -0.442 e. The summed E-state index contributed by atoms with van der Waals surface area (Å²) in [7, 11) is 0. The summed E-state index contributed by atoms with van der Waals surface area (Å²) in [5.41, 5.74) is -0.117. The van der Waals surface area contributed by atoms with Gasteiger partial charge in [-0.3, -0.25) is 9.69 Å². The van der Waals surface area contributed by atoms with E-state index in [1.807, 2.05) is 0 Å². The Bertz CT molecular complexity index is 590. The highest BCUT2D eigenvalue weighted by Gasteiger charge is 2.36. The van der Waals surface area contributed by atoms with Crippen LogP contribution in [0.1, 0.15) is 50.4 Å². The third-order valence-corrected chi connectivity index (χ3v) is 4.65. The molecule has 23 heavy (non-hydrogen) atoms. The highest BCUT2D eigenvalue weighted by atomic mass is 16.6. The van der Waals surface area contributed by atoms with E-state index in [0.29, 0.717) is 12.1 Å². The molecule has 2 fully saturated rings. The van der Waals surface area contributed by atoms with Crippen molar-refractivity contribution in [3.8, 4) is 0 Å². The summed E-state index contributed by atoms with van der Waals surface area (Å²) in [6, 6.07) is 0. The maximum atomic E-state index is 12.4. The van der Waals surface area contributed by atoms with Crippen molar-refractivity contribution in [2.24, 2.45) is 11.8 Å². The van der Waals surface area contributed by atoms with Crippen LogP contribution >= 0.6 is 0 Å². The van der Waals surface area contributed by atoms with Crippen molar-refractivity contribution in [3.63, 3.8) is 0 Å². The second-order valence-corrected chi connectivity index (χ2v) is 7.72. The van der Waals surface area contributed by atoms with Crippen molar-refractivity contribution in [2.75, 3.05) is 19.6 Å². The third-order valence-electron chi connectivity index (χ3n) is 4.65. The average molecular weight is 319 g/mol. The minimum absolute atomic E-state index is 0.0137. The summed E-state index contributed by atoms with van der Waals surface area (Å²) in [6.07, 6.45) is 6.28. The molecule has 1 aromatic rings. The second kappa shape index (κ2) is 6.07. The van der Waals surface area contributed by atoms with Crippen molar-refractivity contribution >= 4 is 11.9 Å². The Balaban J connectivity index is 1.57. The largest absolute Gasteiger partial charge is 0.442 e. The van der Waals surface area contributed by atoms with Gasteiger partial charge in [-0.25, -0.2) is 4.79 Å². The molecule has 0 amide bonds. The monoisotopic (exact) mass is 319 g/mol. The molecule has 6 heteroatoms. The van der Waals surface area contributed by atoms with Crippen molar-refractivity contribution in [2.45, 2.75) is 45.6 Å². The summed E-state index contributed by atoms with van der Waals surface area (Å²) >= 11 is 0. The van der Waals surface area contributed by atoms with Gasteiger partial charge < -0.3 is 4.74 Å². The molecule has 1 aliphatic heterocycles. The van der Waals surface area contributed by atoms with Crippen LogP contribution in [0.15, 0.2) is 12.4 Å². The van der Waals surface area contributed by atoms with Crippen molar-refractivity contribution in [1.82, 2.24) is 14.7 Å². The van der Waals surface area contributed by atoms with Crippen LogP contribution in [0.25, 0.3) is 0 Å². The first-order valence-electron chi connectivity index (χ1n) is 8.35. The number of carbonyl (C=O) groups excluding carboxylic acids is 2. The summed E-state index contributed by atoms with van der Waals surface area (Å²) in [6.45, 7) is 7.85. The lowest BCUT2D eigenvalue weighted by molar-refractivity contribution is 0.0514. The summed E-state index contributed by atoms with van der Waals surface area (Å²) < 4.78 is 6.33. The van der Waals surface area contributed by atoms with Gasteiger partial charge in [-0.15, -0.1) is 0 Å². The molecular weight excluding hydrogens is 294 g/mol. The zero-order valence-corrected chi connectivity index (χ0v) is 14.1. The molecule has 2 aliphatic rings. The number of hydrogen-bond acceptors (Lipinski definition) is 5. The molecule has 2 heterocycles. The van der Waals surface area contributed by atoms with Crippen LogP contribution in [-0.2, 0) is 4.74 Å². The van der Waals surface area contributed by atoms with Gasteiger partial charge in [0, 0.05) is 19.3 Å². The van der Waals surface area contributed by atoms with Gasteiger partial charge in [0.15, 0.2) is 5.78 Å². The van der Waals surface area contributed by atoms with Gasteiger partial charge in [0.05, 0.1) is 18.3 Å². The number of Topliss-reactive ketones (excluding diaryl/α,β-unsaturated/α-hetero) is 1. The first kappa shape index (κ1) is 16.2. The Labute approximate surface area is 136 Å². The zero-order valence-electron chi connectivity index (χ0n) is 14.1. The molecule has 1 saturated carbocycles. The van der Waals surface area contributed by atoms with Crippen molar-refractivity contribution in [1.29, 1.82) is 0 Å². The molecular formula is C17H25N3O3. The van der Waals surface area contributed by atoms with Crippen molar-refractivity contribution < 1.29 is 14.3 Å². The lowest BCUT2D eigenvalue weighted by Gasteiger charge is -2.18. The molecule has 6 nitrogen and oxygen atoms in total. The molecule has 0 unspecified atom stereocenters. The Hall–Kier alpha value is -1.69. The highest BCUT2D eigenvalue weighted by Crippen LogP contribution is 2.37. The zero-order chi connectivity index (χ0) is 16.6. The molecule has 3 rings (SSSR count). The van der Waals surface area contributed by atoms with Crippen LogP contribution in [0.2, 0.25) is 0 Å². The van der Waals surface area contributed by atoms with Crippen LogP contribution in [0.4, 0.5) is 4.79 Å². The number of ketones is 1. The summed E-state index contributed by atoms with van der Waals surface area (Å²) in [4.78, 5) is 26.6. The molecule has 0 N–H and O–H groups in total. The normalized spacial score (nSPS) is 24.7. The molecule has 1 aliphatic carbocycles. The van der Waals surface area contributed by atoms with E-state index in [4.69, 9.17) is 4.74 Å². The van der Waals surface area contributed by atoms with E-state index in [1.54, 1.807) is 20.8 Å². The average Bonchev–Trinajstić information content (AvgIpc) is 3.10. The lowest BCUT2D eigenvalue weighted by Crippen LogP contribution is -2.29. The molecule has 0 spiro atoms. The van der Waals surface area contributed by atoms with E-state index in [9.17, 15) is 9.59 Å². The quantitative estimate of drug-likeness (QED) is 0.801. The van der Waals surface area contributed by atoms with Gasteiger partial charge in [-0.1, -0.05) is 6.42 Å². The fraction of sp³-hybridized carbons (Fsp3) is 0.706. The molecule has 0 bridgehead atoms. The van der Waals surface area contributed by atoms with Gasteiger partial charge in [0.1, 0.15) is 5.60 Å². The van der Waals surface area contributed by atoms with Crippen LogP contribution in [0, 0.1) is 11.8 Å². The van der Waals surface area contributed by atoms with Gasteiger partial charge in [0.25, 0.3) is 0 Å². The Morgan fingerprint density at radius 1 is 1.26 bits per heavy atom. The highest BCUT2D eigenvalue weighted by molar-refractivity contribution is 5.97. The van der Waals surface area contributed by atoms with E-state index in [0.717, 1.165) is 29.6 Å². The first-order chi connectivity index (χ1) is 10.8. The van der Waals surface area contributed by atoms with Crippen LogP contribution in [0.3, 0.4) is 0 Å². The maximum absolute atomic E-state index is 12.4. The number of fused-ring (bicyclic) bond motifs is 1. The fourth-order valence-corrected chi connectivity index (χ4v) is 3.63. The van der Waals surface area contributed by atoms with E-state index >= 15 is 0 Å². The predicted molar refractivity (Wildman–Crippen MR) is 85.5 cm³/mol. The maximum Gasteiger partial charge on any atom is 0.435 e. The number of ether oxygens (including phenoxy) is 1. The van der Waals surface area contributed by atoms with E-state index in [-0.39, 0.29) is 5.78 Å². The Morgan fingerprint density at radius 2 is 1.91 bits per heavy atom. The van der Waals surface area contributed by atoms with Crippen LogP contribution in [-0.4, -0.2) is 51.8 Å². The van der Waals surface area contributed by atoms with Gasteiger partial charge in [-0.2, -0.15) is 9.78 Å². The van der Waals surface area contributed by atoms with Crippen molar-refractivity contribution in [3.05, 3.63) is 18.0 Å². The molecule has 1 saturated heterocycles. The van der Waals surface area contributed by atoms with Crippen LogP contribution in [0.5, 0.6) is 0 Å². The molecule has 126 valence electrons. The van der Waals surface area contributed by atoms with Gasteiger partial charge in [-0.05, 0) is 45.4 Å². The standard InChI is InChI=1S/C17H25N3O3/c1-17(2,3)23-16(22)20-10-14(7-18-20)15(21)11-19-8-12-5-4-6-13(12)9-19/h7,10,12-13H,4-6,8-9,11H2,1-3H3/t12-,13+. The number of aromatic nitrogens is 2. The van der Waals surface area contributed by atoms with E-state index < -0.39 is 11.7 Å². The number of likely N-dealkylation sites (tertiary alicyclic amines) is 1. The van der Waals surface area contributed by atoms with Gasteiger partial charge >= 0.3 is 6.09 Å². The molecule has 2 atom stereocenters. The Kier molecular flexibility index (Phi) is 4.27. The number of rotatable bonds is 3. The lowest BCUT2D eigenvalue weighted by atomic mass is 10.0. The summed E-state index contributed by atoms with van der Waals surface area (Å²) in [5, 5.41) is 3.96. The first-order valence-corrected chi connectivity index (χ1v) is 8.35. The summed E-state index contributed by atoms with van der Waals surface area (Å²) in [5.74, 6) is 1.55. The molecule has 0 radical (unpaired) electrons. The SMILES string of the molecule is CC(C)(C)OC(=O)n1cc(C(=O)CN2C[C@H]3CCC[C@H]3C2)cn1. The third kappa shape index (κ3) is 3.80. The molecule has 1 aromatic heterocycles. The number of hydrogen-bond donors (Lipinski definition) is 0. The number of nitrogens with zero attached hydrogens (tertiary/aromatic N) is 3.